The topological polar surface area (TPSA) is 85.8 Å². The fourth-order valence-electron chi connectivity index (χ4n) is 4.07. The maximum Gasteiger partial charge on any atom is 0.251 e. The lowest BCUT2D eigenvalue weighted by atomic mass is 10.2. The van der Waals surface area contributed by atoms with Crippen LogP contribution < -0.4 is 10.2 Å². The molecule has 0 spiro atoms. The van der Waals surface area contributed by atoms with Crippen molar-refractivity contribution in [2.45, 2.75) is 24.7 Å². The minimum absolute atomic E-state index is 0.201. The third-order valence-corrected chi connectivity index (χ3v) is 9.53. The summed E-state index contributed by atoms with van der Waals surface area (Å²) in [4.78, 5) is 22.1. The fraction of sp³-hybridized carbons (Fsp3) is 0.440. The number of nitrogens with zero attached hydrogens (tertiary/aromatic N) is 4. The minimum Gasteiger partial charge on any atom is -0.351 e. The van der Waals surface area contributed by atoms with Crippen LogP contribution in [0.25, 0.3) is 10.2 Å². The first-order valence-electron chi connectivity index (χ1n) is 12.2. The lowest BCUT2D eigenvalue weighted by Crippen LogP contribution is -2.48. The van der Waals surface area contributed by atoms with Gasteiger partial charge in [0.15, 0.2) is 5.13 Å². The molecule has 1 fully saturated rings. The Morgan fingerprint density at radius 1 is 1.14 bits per heavy atom. The molecule has 1 amide bonds. The normalized spacial score (nSPS) is 15.1. The van der Waals surface area contributed by atoms with Crippen LogP contribution in [0.1, 0.15) is 30.1 Å². The SMILES string of the molecule is CCCCN(C)S(=O)(=O)c1ccc(C(=O)NCCN2CCN(c3nc4ccc(Cl)cc4s3)CC2)cc1. The summed E-state index contributed by atoms with van der Waals surface area (Å²) in [6.07, 6.45) is 1.73. The minimum atomic E-state index is -3.54. The van der Waals surface area contributed by atoms with Gasteiger partial charge in [0.05, 0.1) is 15.1 Å². The summed E-state index contributed by atoms with van der Waals surface area (Å²) < 4.78 is 27.7. The van der Waals surface area contributed by atoms with Crippen LogP contribution in [-0.4, -0.2) is 81.4 Å². The van der Waals surface area contributed by atoms with Crippen molar-refractivity contribution in [1.29, 1.82) is 0 Å². The number of carbonyl (C=O) groups excluding carboxylic acids is 1. The van der Waals surface area contributed by atoms with E-state index in [0.717, 1.165) is 65.9 Å². The number of carbonyl (C=O) groups is 1. The third-order valence-electron chi connectivity index (χ3n) is 6.35. The number of piperazine rings is 1. The molecule has 3 aromatic rings. The molecule has 36 heavy (non-hydrogen) atoms. The summed E-state index contributed by atoms with van der Waals surface area (Å²) in [6, 6.07) is 11.9. The molecule has 2 aromatic carbocycles. The van der Waals surface area contributed by atoms with Gasteiger partial charge < -0.3 is 10.2 Å². The Morgan fingerprint density at radius 3 is 2.56 bits per heavy atom. The number of anilines is 1. The number of sulfonamides is 1. The van der Waals surface area contributed by atoms with Gasteiger partial charge in [-0.1, -0.05) is 36.3 Å². The zero-order valence-corrected chi connectivity index (χ0v) is 23.0. The molecule has 0 bridgehead atoms. The molecule has 0 aliphatic carbocycles. The molecule has 0 radical (unpaired) electrons. The molecule has 4 rings (SSSR count). The second-order valence-corrected chi connectivity index (χ2v) is 12.4. The first kappa shape index (κ1) is 26.8. The van der Waals surface area contributed by atoms with E-state index in [1.54, 1.807) is 30.5 Å². The molecule has 0 atom stereocenters. The monoisotopic (exact) mass is 549 g/mol. The molecule has 1 aliphatic heterocycles. The zero-order chi connectivity index (χ0) is 25.7. The molecular weight excluding hydrogens is 518 g/mol. The summed E-state index contributed by atoms with van der Waals surface area (Å²) in [6.45, 7) is 7.32. The molecule has 8 nitrogen and oxygen atoms in total. The summed E-state index contributed by atoms with van der Waals surface area (Å²) in [5.41, 5.74) is 1.42. The highest BCUT2D eigenvalue weighted by molar-refractivity contribution is 7.89. The van der Waals surface area contributed by atoms with Gasteiger partial charge in [-0.05, 0) is 48.9 Å². The summed E-state index contributed by atoms with van der Waals surface area (Å²) in [7, 11) is -1.95. The van der Waals surface area contributed by atoms with E-state index in [-0.39, 0.29) is 10.8 Å². The average molecular weight is 550 g/mol. The van der Waals surface area contributed by atoms with Gasteiger partial charge in [0.1, 0.15) is 0 Å². The van der Waals surface area contributed by atoms with Crippen molar-refractivity contribution in [3.63, 3.8) is 0 Å². The van der Waals surface area contributed by atoms with Gasteiger partial charge in [0, 0.05) is 63.4 Å². The molecule has 1 N–H and O–H groups in total. The lowest BCUT2D eigenvalue weighted by molar-refractivity contribution is 0.0947. The van der Waals surface area contributed by atoms with Crippen molar-refractivity contribution >= 4 is 54.2 Å². The van der Waals surface area contributed by atoms with Crippen molar-refractivity contribution in [1.82, 2.24) is 19.5 Å². The van der Waals surface area contributed by atoms with Gasteiger partial charge in [0.25, 0.3) is 5.91 Å². The average Bonchev–Trinajstić information content (AvgIpc) is 3.30. The maximum absolute atomic E-state index is 12.6. The largest absolute Gasteiger partial charge is 0.351 e. The van der Waals surface area contributed by atoms with Gasteiger partial charge in [-0.25, -0.2) is 17.7 Å². The van der Waals surface area contributed by atoms with Crippen LogP contribution in [0, 0.1) is 0 Å². The van der Waals surface area contributed by atoms with Crippen LogP contribution in [0.5, 0.6) is 0 Å². The van der Waals surface area contributed by atoms with E-state index >= 15 is 0 Å². The lowest BCUT2D eigenvalue weighted by Gasteiger charge is -2.34. The van der Waals surface area contributed by atoms with Gasteiger partial charge in [0.2, 0.25) is 10.0 Å². The van der Waals surface area contributed by atoms with Crippen molar-refractivity contribution in [3.05, 3.63) is 53.1 Å². The number of unbranched alkanes of at least 4 members (excludes halogenated alkanes) is 1. The Bertz CT molecular complexity index is 1290. The maximum atomic E-state index is 12.6. The molecule has 0 unspecified atom stereocenters. The van der Waals surface area contributed by atoms with Gasteiger partial charge in [-0.15, -0.1) is 0 Å². The van der Waals surface area contributed by atoms with Crippen LogP contribution in [0.15, 0.2) is 47.4 Å². The fourth-order valence-corrected chi connectivity index (χ4v) is 6.58. The first-order valence-corrected chi connectivity index (χ1v) is 14.8. The highest BCUT2D eigenvalue weighted by Gasteiger charge is 2.22. The highest BCUT2D eigenvalue weighted by Crippen LogP contribution is 2.31. The molecule has 1 saturated heterocycles. The van der Waals surface area contributed by atoms with Gasteiger partial charge in [-0.3, -0.25) is 9.69 Å². The molecule has 2 heterocycles. The Balaban J connectivity index is 1.22. The highest BCUT2D eigenvalue weighted by atomic mass is 35.5. The molecule has 1 aromatic heterocycles. The number of hydrogen-bond donors (Lipinski definition) is 1. The molecule has 1 aliphatic rings. The van der Waals surface area contributed by atoms with Gasteiger partial charge in [-0.2, -0.15) is 0 Å². The Labute approximate surface area is 221 Å². The van der Waals surface area contributed by atoms with E-state index in [4.69, 9.17) is 16.6 Å². The van der Waals surface area contributed by atoms with Crippen molar-refractivity contribution in [2.24, 2.45) is 0 Å². The number of nitrogens with one attached hydrogen (secondary N) is 1. The van der Waals surface area contributed by atoms with E-state index in [1.165, 1.54) is 16.4 Å². The number of aromatic nitrogens is 1. The molecule has 194 valence electrons. The molecule has 0 saturated carbocycles. The second kappa shape index (κ2) is 11.9. The smallest absolute Gasteiger partial charge is 0.251 e. The number of benzene rings is 2. The summed E-state index contributed by atoms with van der Waals surface area (Å²) in [5.74, 6) is -0.204. The number of thiazole rings is 1. The van der Waals surface area contributed by atoms with Crippen molar-refractivity contribution < 1.29 is 13.2 Å². The van der Waals surface area contributed by atoms with E-state index in [1.807, 2.05) is 25.1 Å². The number of halogens is 1. The predicted molar refractivity (Wildman–Crippen MR) is 147 cm³/mol. The Kier molecular flexibility index (Phi) is 8.84. The van der Waals surface area contributed by atoms with E-state index in [0.29, 0.717) is 18.7 Å². The van der Waals surface area contributed by atoms with Crippen LogP contribution in [0.2, 0.25) is 5.02 Å². The number of amides is 1. The standard InChI is InChI=1S/C25H32ClN5O3S2/c1-3-4-12-29(2)36(33,34)21-8-5-19(6-9-21)24(32)27-11-13-30-14-16-31(17-15-30)25-28-22-10-7-20(26)18-23(22)35-25/h5-10,18H,3-4,11-17H2,1-2H3,(H,27,32). The zero-order valence-electron chi connectivity index (χ0n) is 20.6. The van der Waals surface area contributed by atoms with Crippen LogP contribution in [0.3, 0.4) is 0 Å². The first-order chi connectivity index (χ1) is 17.3. The third kappa shape index (κ3) is 6.36. The number of fused-ring (bicyclic) bond motifs is 1. The molecule has 11 heteroatoms. The van der Waals surface area contributed by atoms with E-state index < -0.39 is 10.0 Å². The quantitative estimate of drug-likeness (QED) is 0.412. The van der Waals surface area contributed by atoms with Crippen molar-refractivity contribution in [2.75, 3.05) is 57.8 Å². The number of hydrogen-bond acceptors (Lipinski definition) is 7. The molecular formula is C25H32ClN5O3S2. The summed E-state index contributed by atoms with van der Waals surface area (Å²) in [5, 5.41) is 4.68. The predicted octanol–water partition coefficient (Wildman–Crippen LogP) is 3.92. The number of rotatable bonds is 10. The van der Waals surface area contributed by atoms with Crippen molar-refractivity contribution in [3.8, 4) is 0 Å². The Hall–Kier alpha value is -2.24. The Morgan fingerprint density at radius 2 is 1.86 bits per heavy atom. The summed E-state index contributed by atoms with van der Waals surface area (Å²) >= 11 is 7.76. The van der Waals surface area contributed by atoms with E-state index in [9.17, 15) is 13.2 Å². The van der Waals surface area contributed by atoms with Gasteiger partial charge >= 0.3 is 0 Å². The van der Waals surface area contributed by atoms with Crippen LogP contribution in [-0.2, 0) is 10.0 Å². The van der Waals surface area contributed by atoms with Crippen LogP contribution >= 0.6 is 22.9 Å². The second-order valence-electron chi connectivity index (χ2n) is 8.90. The van der Waals surface area contributed by atoms with Crippen LogP contribution in [0.4, 0.5) is 5.13 Å². The van der Waals surface area contributed by atoms with E-state index in [2.05, 4.69) is 15.1 Å².